The summed E-state index contributed by atoms with van der Waals surface area (Å²) >= 11 is 1.17. The molecule has 0 fully saturated rings. The molecule has 2 aromatic rings. The summed E-state index contributed by atoms with van der Waals surface area (Å²) in [5.74, 6) is -0.635. The number of carbonyl (C=O) groups is 3. The molecule has 0 atom stereocenters. The van der Waals surface area contributed by atoms with Crippen LogP contribution in [0.4, 0.5) is 5.82 Å². The lowest BCUT2D eigenvalue weighted by atomic mass is 10.2. The lowest BCUT2D eigenvalue weighted by Gasteiger charge is -2.05. The third-order valence-electron chi connectivity index (χ3n) is 2.95. The van der Waals surface area contributed by atoms with Crippen LogP contribution in [0.3, 0.4) is 0 Å². The third-order valence-corrected chi connectivity index (χ3v) is 3.93. The summed E-state index contributed by atoms with van der Waals surface area (Å²) in [6.07, 6.45) is -0.251. The van der Waals surface area contributed by atoms with Crippen LogP contribution in [0.1, 0.15) is 23.7 Å². The van der Waals surface area contributed by atoms with Gasteiger partial charge < -0.3 is 10.1 Å². The molecular formula is C17H17N3O4S. The highest BCUT2D eigenvalue weighted by Crippen LogP contribution is 2.16. The molecule has 0 bridgehead atoms. The fourth-order valence-corrected chi connectivity index (χ4v) is 2.49. The van der Waals surface area contributed by atoms with Crippen molar-refractivity contribution in [1.29, 1.82) is 0 Å². The Hall–Kier alpha value is -2.74. The molecule has 25 heavy (non-hydrogen) atoms. The number of rotatable bonds is 8. The summed E-state index contributed by atoms with van der Waals surface area (Å²) in [5.41, 5.74) is 0.521. The predicted molar refractivity (Wildman–Crippen MR) is 93.4 cm³/mol. The topological polar surface area (TPSA) is 98.2 Å². The summed E-state index contributed by atoms with van der Waals surface area (Å²) < 4.78 is 4.72. The first kappa shape index (κ1) is 18.6. The molecule has 0 saturated carbocycles. The maximum atomic E-state index is 12.0. The molecule has 1 N–H and O–H groups in total. The Labute approximate surface area is 149 Å². The van der Waals surface area contributed by atoms with E-state index in [-0.39, 0.29) is 30.5 Å². The summed E-state index contributed by atoms with van der Waals surface area (Å²) in [7, 11) is 0. The molecule has 8 heteroatoms. The molecule has 0 unspecified atom stereocenters. The molecule has 1 heterocycles. The van der Waals surface area contributed by atoms with Gasteiger partial charge in [-0.25, -0.2) is 0 Å². The predicted octanol–water partition coefficient (Wildman–Crippen LogP) is 2.34. The van der Waals surface area contributed by atoms with E-state index in [0.29, 0.717) is 16.4 Å². The number of ketones is 1. The van der Waals surface area contributed by atoms with E-state index < -0.39 is 5.97 Å². The second-order valence-electron chi connectivity index (χ2n) is 4.89. The zero-order chi connectivity index (χ0) is 18.1. The number of aromatic nitrogens is 2. The monoisotopic (exact) mass is 359 g/mol. The zero-order valence-corrected chi connectivity index (χ0v) is 14.4. The number of esters is 1. The Morgan fingerprint density at radius 3 is 2.48 bits per heavy atom. The van der Waals surface area contributed by atoms with Gasteiger partial charge in [-0.05, 0) is 31.2 Å². The fourth-order valence-electron chi connectivity index (χ4n) is 1.82. The Kier molecular flexibility index (Phi) is 7.09. The van der Waals surface area contributed by atoms with Crippen LogP contribution in [0.5, 0.6) is 0 Å². The minimum atomic E-state index is -0.529. The molecular weight excluding hydrogens is 342 g/mol. The van der Waals surface area contributed by atoms with Gasteiger partial charge in [0, 0.05) is 5.56 Å². The number of nitrogens with zero attached hydrogens (tertiary/aromatic N) is 2. The Morgan fingerprint density at radius 1 is 1.08 bits per heavy atom. The van der Waals surface area contributed by atoms with E-state index in [9.17, 15) is 14.4 Å². The van der Waals surface area contributed by atoms with Gasteiger partial charge in [-0.15, -0.1) is 10.2 Å². The second kappa shape index (κ2) is 9.53. The van der Waals surface area contributed by atoms with Crippen molar-refractivity contribution in [3.63, 3.8) is 0 Å². The number of nitrogens with one attached hydrogen (secondary N) is 1. The van der Waals surface area contributed by atoms with Gasteiger partial charge in [0.05, 0.1) is 12.4 Å². The first-order valence-corrected chi connectivity index (χ1v) is 8.57. The largest absolute Gasteiger partial charge is 0.466 e. The Balaban J connectivity index is 1.82. The fraction of sp³-hybridized carbons (Fsp3) is 0.235. The van der Waals surface area contributed by atoms with Crippen LogP contribution < -0.4 is 5.32 Å². The maximum absolute atomic E-state index is 12.0. The van der Waals surface area contributed by atoms with Gasteiger partial charge in [0.25, 0.3) is 5.91 Å². The third kappa shape index (κ3) is 6.34. The molecule has 130 valence electrons. The average Bonchev–Trinajstić information content (AvgIpc) is 2.62. The maximum Gasteiger partial charge on any atom is 0.313 e. The number of ether oxygens (including phenoxy) is 1. The van der Waals surface area contributed by atoms with Crippen LogP contribution in [-0.2, 0) is 14.3 Å². The Morgan fingerprint density at radius 2 is 1.84 bits per heavy atom. The van der Waals surface area contributed by atoms with Crippen LogP contribution in [0, 0.1) is 0 Å². The van der Waals surface area contributed by atoms with Crippen molar-refractivity contribution >= 4 is 35.2 Å². The summed E-state index contributed by atoms with van der Waals surface area (Å²) in [4.78, 5) is 34.9. The number of thioether (sulfide) groups is 1. The van der Waals surface area contributed by atoms with Crippen molar-refractivity contribution in [2.24, 2.45) is 0 Å². The number of Topliss-reactive ketones (excluding diaryl/α,β-unsaturated/α-hetero) is 1. The highest BCUT2D eigenvalue weighted by atomic mass is 32.2. The number of carbonyl (C=O) groups excluding carboxylic acids is 3. The molecule has 0 radical (unpaired) electrons. The van der Waals surface area contributed by atoms with E-state index in [2.05, 4.69) is 15.5 Å². The van der Waals surface area contributed by atoms with Crippen molar-refractivity contribution in [2.75, 3.05) is 17.7 Å². The number of amides is 1. The van der Waals surface area contributed by atoms with Crippen molar-refractivity contribution < 1.29 is 19.1 Å². The van der Waals surface area contributed by atoms with Crippen LogP contribution >= 0.6 is 11.8 Å². The van der Waals surface area contributed by atoms with E-state index in [4.69, 9.17) is 4.74 Å². The van der Waals surface area contributed by atoms with Gasteiger partial charge in [0.2, 0.25) is 0 Å². The molecule has 0 aliphatic rings. The van der Waals surface area contributed by atoms with E-state index in [1.165, 1.54) is 11.8 Å². The Bertz CT molecular complexity index is 735. The molecule has 1 aromatic carbocycles. The number of benzene rings is 1. The number of hydrogen-bond acceptors (Lipinski definition) is 7. The van der Waals surface area contributed by atoms with Gasteiger partial charge in [0.1, 0.15) is 11.4 Å². The van der Waals surface area contributed by atoms with Crippen LogP contribution in [0.25, 0.3) is 0 Å². The molecule has 1 amide bonds. The zero-order valence-electron chi connectivity index (χ0n) is 13.6. The average molecular weight is 359 g/mol. The molecule has 0 saturated heterocycles. The molecule has 2 rings (SSSR count). The second-order valence-corrected chi connectivity index (χ2v) is 5.88. The SMILES string of the molecule is CCOC(=O)CC(=O)CSc1ccc(NC(=O)c2ccccc2)nn1. The van der Waals surface area contributed by atoms with Gasteiger partial charge in [-0.2, -0.15) is 0 Å². The lowest BCUT2D eigenvalue weighted by molar-refractivity contribution is -0.145. The lowest BCUT2D eigenvalue weighted by Crippen LogP contribution is -2.13. The first-order valence-electron chi connectivity index (χ1n) is 7.58. The summed E-state index contributed by atoms with van der Waals surface area (Å²) in [6, 6.07) is 12.0. The molecule has 7 nitrogen and oxygen atoms in total. The molecule has 0 aliphatic carbocycles. The summed E-state index contributed by atoms with van der Waals surface area (Å²) in [6.45, 7) is 1.94. The summed E-state index contributed by atoms with van der Waals surface area (Å²) in [5, 5.41) is 11.0. The van der Waals surface area contributed by atoms with Crippen LogP contribution in [0.2, 0.25) is 0 Å². The normalized spacial score (nSPS) is 10.1. The van der Waals surface area contributed by atoms with Gasteiger partial charge in [-0.1, -0.05) is 30.0 Å². The van der Waals surface area contributed by atoms with E-state index in [1.54, 1.807) is 43.3 Å². The number of anilines is 1. The standard InChI is InChI=1S/C17H17N3O4S/c1-2-24-16(22)10-13(21)11-25-15-9-8-14(19-20-15)18-17(23)12-6-4-3-5-7-12/h3-9H,2,10-11H2,1H3,(H,18,19,23). The smallest absolute Gasteiger partial charge is 0.313 e. The highest BCUT2D eigenvalue weighted by Gasteiger charge is 2.12. The van der Waals surface area contributed by atoms with Crippen LogP contribution in [-0.4, -0.2) is 40.2 Å². The minimum Gasteiger partial charge on any atom is -0.466 e. The van der Waals surface area contributed by atoms with Crippen molar-refractivity contribution in [2.45, 2.75) is 18.4 Å². The first-order chi connectivity index (χ1) is 12.1. The van der Waals surface area contributed by atoms with Gasteiger partial charge in [0.15, 0.2) is 11.6 Å². The van der Waals surface area contributed by atoms with Crippen LogP contribution in [0.15, 0.2) is 47.5 Å². The minimum absolute atomic E-state index is 0.100. The quantitative estimate of drug-likeness (QED) is 0.439. The van der Waals surface area contributed by atoms with Gasteiger partial charge in [-0.3, -0.25) is 14.4 Å². The van der Waals surface area contributed by atoms with Crippen molar-refractivity contribution in [3.05, 3.63) is 48.0 Å². The van der Waals surface area contributed by atoms with Crippen molar-refractivity contribution in [3.8, 4) is 0 Å². The van der Waals surface area contributed by atoms with E-state index in [0.717, 1.165) is 0 Å². The molecule has 0 spiro atoms. The number of hydrogen-bond donors (Lipinski definition) is 1. The van der Waals surface area contributed by atoms with Crippen molar-refractivity contribution in [1.82, 2.24) is 10.2 Å². The molecule has 0 aliphatic heterocycles. The van der Waals surface area contributed by atoms with Gasteiger partial charge >= 0.3 is 5.97 Å². The highest BCUT2D eigenvalue weighted by molar-refractivity contribution is 7.99. The van der Waals surface area contributed by atoms with E-state index in [1.807, 2.05) is 6.07 Å². The molecule has 1 aromatic heterocycles. The van der Waals surface area contributed by atoms with E-state index >= 15 is 0 Å².